The molecule has 0 fully saturated rings. The number of anilines is 1. The topological polar surface area (TPSA) is 69.6 Å². The van der Waals surface area contributed by atoms with Gasteiger partial charge in [0, 0.05) is 17.1 Å². The summed E-state index contributed by atoms with van der Waals surface area (Å²) in [5, 5.41) is 12.2. The maximum absolute atomic E-state index is 12.8. The number of carbonyl (C=O) groups excluding carboxylic acids is 1. The van der Waals surface area contributed by atoms with Crippen molar-refractivity contribution in [2.75, 3.05) is 18.1 Å². The number of fused-ring (bicyclic) bond motifs is 1. The first-order chi connectivity index (χ1) is 12.1. The van der Waals surface area contributed by atoms with E-state index >= 15 is 0 Å². The monoisotopic (exact) mass is 356 g/mol. The lowest BCUT2D eigenvalue weighted by molar-refractivity contribution is -0.138. The Morgan fingerprint density at radius 2 is 2.04 bits per heavy atom. The lowest BCUT2D eigenvalue weighted by Gasteiger charge is -2.36. The van der Waals surface area contributed by atoms with E-state index in [1.807, 2.05) is 54.8 Å². The number of nitrogens with one attached hydrogen (secondary N) is 1. The lowest BCUT2D eigenvalue weighted by Crippen LogP contribution is -2.43. The number of benzene rings is 2. The van der Waals surface area contributed by atoms with E-state index in [2.05, 4.69) is 5.32 Å². The molecule has 1 heterocycles. The van der Waals surface area contributed by atoms with Gasteiger partial charge in [-0.25, -0.2) is 4.79 Å². The molecule has 2 amide bonds. The van der Waals surface area contributed by atoms with Crippen molar-refractivity contribution in [3.63, 3.8) is 0 Å². The smallest absolute Gasteiger partial charge is 0.322 e. The minimum atomic E-state index is -0.913. The number of carbonyl (C=O) groups is 2. The molecule has 0 saturated heterocycles. The summed E-state index contributed by atoms with van der Waals surface area (Å²) in [5.74, 6) is -0.913. The maximum atomic E-state index is 12.8. The van der Waals surface area contributed by atoms with Gasteiger partial charge in [-0.1, -0.05) is 30.3 Å². The van der Waals surface area contributed by atoms with Gasteiger partial charge in [-0.05, 0) is 42.0 Å². The van der Waals surface area contributed by atoms with Crippen LogP contribution in [0.2, 0.25) is 0 Å². The number of amides is 2. The van der Waals surface area contributed by atoms with E-state index in [-0.39, 0.29) is 12.5 Å². The Morgan fingerprint density at radius 3 is 2.80 bits per heavy atom. The van der Waals surface area contributed by atoms with Crippen molar-refractivity contribution in [3.05, 3.63) is 59.7 Å². The Bertz CT molecular complexity index is 794. The second-order valence-electron chi connectivity index (χ2n) is 5.92. The number of nitrogens with zero attached hydrogens (tertiary/aromatic N) is 1. The fourth-order valence-corrected chi connectivity index (χ4v) is 3.64. The average Bonchev–Trinajstić information content (AvgIpc) is 2.61. The van der Waals surface area contributed by atoms with Gasteiger partial charge >= 0.3 is 12.0 Å². The summed E-state index contributed by atoms with van der Waals surface area (Å²) in [6.07, 6.45) is 2.60. The molecule has 25 heavy (non-hydrogen) atoms. The van der Waals surface area contributed by atoms with Gasteiger partial charge < -0.3 is 15.3 Å². The molecule has 130 valence electrons. The van der Waals surface area contributed by atoms with Crippen LogP contribution in [-0.4, -0.2) is 34.8 Å². The van der Waals surface area contributed by atoms with E-state index in [1.165, 1.54) is 0 Å². The molecule has 0 aromatic heterocycles. The maximum Gasteiger partial charge on any atom is 0.322 e. The highest BCUT2D eigenvalue weighted by molar-refractivity contribution is 7.98. The van der Waals surface area contributed by atoms with Crippen LogP contribution in [0.3, 0.4) is 0 Å². The molecular formula is C19H20N2O3S. The third-order valence-corrected chi connectivity index (χ3v) is 5.09. The number of aliphatic carboxylic acids is 1. The number of carboxylic acid groups (broad SMARTS) is 1. The van der Waals surface area contributed by atoms with Gasteiger partial charge in [-0.2, -0.15) is 0 Å². The molecule has 5 nitrogen and oxygen atoms in total. The number of hydrogen-bond donors (Lipinski definition) is 2. The predicted octanol–water partition coefficient (Wildman–Crippen LogP) is 4.01. The molecule has 3 rings (SSSR count). The number of thioether (sulfide) groups is 1. The van der Waals surface area contributed by atoms with E-state index < -0.39 is 12.0 Å². The van der Waals surface area contributed by atoms with E-state index in [9.17, 15) is 14.7 Å². The Hall–Kier alpha value is -2.47. The van der Waals surface area contributed by atoms with Crippen LogP contribution in [-0.2, 0) is 11.2 Å². The predicted molar refractivity (Wildman–Crippen MR) is 99.1 cm³/mol. The van der Waals surface area contributed by atoms with Crippen LogP contribution in [0.1, 0.15) is 23.6 Å². The van der Waals surface area contributed by atoms with Crippen molar-refractivity contribution in [3.8, 4) is 0 Å². The molecule has 0 aliphatic carbocycles. The van der Waals surface area contributed by atoms with Crippen LogP contribution >= 0.6 is 11.8 Å². The molecular weight excluding hydrogens is 336 g/mol. The number of rotatable bonds is 4. The van der Waals surface area contributed by atoms with Crippen LogP contribution in [0.5, 0.6) is 0 Å². The van der Waals surface area contributed by atoms with Crippen LogP contribution in [0, 0.1) is 0 Å². The molecule has 2 aromatic rings. The van der Waals surface area contributed by atoms with E-state index in [4.69, 9.17) is 0 Å². The molecule has 0 spiro atoms. The van der Waals surface area contributed by atoms with Gasteiger partial charge in [-0.3, -0.25) is 4.79 Å². The quantitative estimate of drug-likeness (QED) is 0.812. The third kappa shape index (κ3) is 3.96. The fourth-order valence-electron chi connectivity index (χ4n) is 3.18. The number of urea groups is 1. The Labute approximate surface area is 151 Å². The minimum Gasteiger partial charge on any atom is -0.481 e. The zero-order valence-electron chi connectivity index (χ0n) is 13.9. The summed E-state index contributed by atoms with van der Waals surface area (Å²) in [5.41, 5.74) is 2.75. The minimum absolute atomic E-state index is 0.102. The summed E-state index contributed by atoms with van der Waals surface area (Å²) in [4.78, 5) is 26.8. The van der Waals surface area contributed by atoms with E-state index in [1.54, 1.807) is 16.7 Å². The third-order valence-electron chi connectivity index (χ3n) is 4.36. The second kappa shape index (κ2) is 7.61. The summed E-state index contributed by atoms with van der Waals surface area (Å²) < 4.78 is 0. The van der Waals surface area contributed by atoms with Crippen LogP contribution in [0.25, 0.3) is 0 Å². The molecule has 1 aliphatic rings. The van der Waals surface area contributed by atoms with Crippen molar-refractivity contribution in [1.29, 1.82) is 0 Å². The van der Waals surface area contributed by atoms with Crippen LogP contribution in [0.15, 0.2) is 53.4 Å². The SMILES string of the molecule is CSc1cccc(NC(=O)N2CCc3ccccc3[C@H]2CC(=O)O)c1. The van der Waals surface area contributed by atoms with Crippen molar-refractivity contribution >= 4 is 29.4 Å². The molecule has 0 saturated carbocycles. The second-order valence-corrected chi connectivity index (χ2v) is 6.80. The normalized spacial score (nSPS) is 16.2. The van der Waals surface area contributed by atoms with Gasteiger partial charge in [0.15, 0.2) is 0 Å². The highest BCUT2D eigenvalue weighted by Crippen LogP contribution is 2.32. The van der Waals surface area contributed by atoms with Gasteiger partial charge in [0.05, 0.1) is 12.5 Å². The van der Waals surface area contributed by atoms with E-state index in [0.717, 1.165) is 22.4 Å². The van der Waals surface area contributed by atoms with Crippen LogP contribution in [0.4, 0.5) is 10.5 Å². The standard InChI is InChI=1S/C19H20N2O3S/c1-25-15-7-4-6-14(11-15)20-19(24)21-10-9-13-5-2-3-8-16(13)17(21)12-18(22)23/h2-8,11,17H,9-10,12H2,1H3,(H,20,24)(H,22,23)/t17-/m1/s1. The zero-order chi connectivity index (χ0) is 17.8. The largest absolute Gasteiger partial charge is 0.481 e. The molecule has 6 heteroatoms. The van der Waals surface area contributed by atoms with Gasteiger partial charge in [0.25, 0.3) is 0 Å². The Morgan fingerprint density at radius 1 is 1.24 bits per heavy atom. The van der Waals surface area contributed by atoms with Crippen molar-refractivity contribution in [2.24, 2.45) is 0 Å². The van der Waals surface area contributed by atoms with E-state index in [0.29, 0.717) is 12.2 Å². The lowest BCUT2D eigenvalue weighted by atomic mass is 9.91. The summed E-state index contributed by atoms with van der Waals surface area (Å²) in [6.45, 7) is 0.503. The molecule has 1 aliphatic heterocycles. The summed E-state index contributed by atoms with van der Waals surface area (Å²) in [7, 11) is 0. The average molecular weight is 356 g/mol. The molecule has 2 N–H and O–H groups in total. The van der Waals surface area contributed by atoms with Gasteiger partial charge in [0.1, 0.15) is 0 Å². The highest BCUT2D eigenvalue weighted by atomic mass is 32.2. The Kier molecular flexibility index (Phi) is 5.28. The van der Waals surface area contributed by atoms with Gasteiger partial charge in [-0.15, -0.1) is 11.8 Å². The van der Waals surface area contributed by atoms with Crippen molar-refractivity contribution < 1.29 is 14.7 Å². The summed E-state index contributed by atoms with van der Waals surface area (Å²) in [6, 6.07) is 14.6. The molecule has 2 aromatic carbocycles. The highest BCUT2D eigenvalue weighted by Gasteiger charge is 2.32. The zero-order valence-corrected chi connectivity index (χ0v) is 14.8. The fraction of sp³-hybridized carbons (Fsp3) is 0.263. The van der Waals surface area contributed by atoms with Crippen molar-refractivity contribution in [2.45, 2.75) is 23.8 Å². The number of carboxylic acids is 1. The number of hydrogen-bond acceptors (Lipinski definition) is 3. The Balaban J connectivity index is 1.84. The van der Waals surface area contributed by atoms with Crippen LogP contribution < -0.4 is 5.32 Å². The first-order valence-electron chi connectivity index (χ1n) is 8.10. The van der Waals surface area contributed by atoms with Gasteiger partial charge in [0.2, 0.25) is 0 Å². The summed E-state index contributed by atoms with van der Waals surface area (Å²) >= 11 is 1.60. The molecule has 0 bridgehead atoms. The molecule has 1 atom stereocenters. The van der Waals surface area contributed by atoms with Crippen molar-refractivity contribution in [1.82, 2.24) is 4.90 Å². The first kappa shape index (κ1) is 17.4. The molecule has 0 unspecified atom stereocenters. The first-order valence-corrected chi connectivity index (χ1v) is 9.32. The molecule has 0 radical (unpaired) electrons.